The first kappa shape index (κ1) is 15.3. The van der Waals surface area contributed by atoms with Crippen LogP contribution in [0.1, 0.15) is 33.3 Å². The summed E-state index contributed by atoms with van der Waals surface area (Å²) in [5, 5.41) is 5.95. The highest BCUT2D eigenvalue weighted by Gasteiger charge is 2.14. The topological polar surface area (TPSA) is 41.1 Å². The van der Waals surface area contributed by atoms with E-state index in [1.54, 1.807) is 6.08 Å². The number of benzene rings is 1. The SMILES string of the molecule is C=CCNC(=O)[C@@H](C)Nc1ccc(C(C)(C)C)cc1. The van der Waals surface area contributed by atoms with E-state index in [-0.39, 0.29) is 17.4 Å². The molecule has 19 heavy (non-hydrogen) atoms. The van der Waals surface area contributed by atoms with Gasteiger partial charge in [0.1, 0.15) is 6.04 Å². The van der Waals surface area contributed by atoms with E-state index >= 15 is 0 Å². The van der Waals surface area contributed by atoms with E-state index in [1.807, 2.05) is 19.1 Å². The number of carbonyl (C=O) groups is 1. The molecule has 3 nitrogen and oxygen atoms in total. The Bertz CT molecular complexity index is 429. The van der Waals surface area contributed by atoms with Crippen LogP contribution in [0.4, 0.5) is 5.69 Å². The van der Waals surface area contributed by atoms with E-state index < -0.39 is 0 Å². The Morgan fingerprint density at radius 3 is 2.37 bits per heavy atom. The van der Waals surface area contributed by atoms with E-state index in [1.165, 1.54) is 5.56 Å². The molecule has 0 bridgehead atoms. The van der Waals surface area contributed by atoms with Crippen LogP contribution < -0.4 is 10.6 Å². The Balaban J connectivity index is 2.62. The smallest absolute Gasteiger partial charge is 0.242 e. The van der Waals surface area contributed by atoms with Gasteiger partial charge in [0.25, 0.3) is 0 Å². The third-order valence-corrected chi connectivity index (χ3v) is 2.95. The minimum absolute atomic E-state index is 0.0280. The van der Waals surface area contributed by atoms with E-state index in [4.69, 9.17) is 0 Å². The molecule has 0 radical (unpaired) electrons. The molecule has 0 fully saturated rings. The average Bonchev–Trinajstić information content (AvgIpc) is 2.35. The molecule has 0 unspecified atom stereocenters. The van der Waals surface area contributed by atoms with Crippen molar-refractivity contribution in [2.24, 2.45) is 0 Å². The zero-order valence-corrected chi connectivity index (χ0v) is 12.3. The molecule has 0 spiro atoms. The van der Waals surface area contributed by atoms with Crippen molar-refractivity contribution in [1.29, 1.82) is 0 Å². The van der Waals surface area contributed by atoms with Crippen molar-refractivity contribution in [1.82, 2.24) is 5.32 Å². The molecular weight excluding hydrogens is 236 g/mol. The van der Waals surface area contributed by atoms with Gasteiger partial charge in [0, 0.05) is 12.2 Å². The normalized spacial score (nSPS) is 12.6. The number of amides is 1. The van der Waals surface area contributed by atoms with Gasteiger partial charge in [-0.05, 0) is 30.0 Å². The molecule has 1 atom stereocenters. The maximum absolute atomic E-state index is 11.7. The summed E-state index contributed by atoms with van der Waals surface area (Å²) in [5.41, 5.74) is 2.38. The molecule has 1 aromatic rings. The molecule has 2 N–H and O–H groups in total. The zero-order valence-electron chi connectivity index (χ0n) is 12.3. The first-order valence-electron chi connectivity index (χ1n) is 6.60. The van der Waals surface area contributed by atoms with Crippen LogP contribution in [-0.2, 0) is 10.2 Å². The molecule has 1 rings (SSSR count). The highest BCUT2D eigenvalue weighted by molar-refractivity contribution is 5.84. The maximum Gasteiger partial charge on any atom is 0.242 e. The van der Waals surface area contributed by atoms with Gasteiger partial charge in [-0.15, -0.1) is 6.58 Å². The van der Waals surface area contributed by atoms with Gasteiger partial charge in [-0.25, -0.2) is 0 Å². The lowest BCUT2D eigenvalue weighted by Gasteiger charge is -2.20. The third kappa shape index (κ3) is 4.78. The van der Waals surface area contributed by atoms with Crippen molar-refractivity contribution in [2.75, 3.05) is 11.9 Å². The Morgan fingerprint density at radius 2 is 1.89 bits per heavy atom. The second kappa shape index (κ2) is 6.41. The lowest BCUT2D eigenvalue weighted by molar-refractivity contribution is -0.121. The molecule has 0 saturated carbocycles. The van der Waals surface area contributed by atoms with Crippen LogP contribution in [0, 0.1) is 0 Å². The monoisotopic (exact) mass is 260 g/mol. The van der Waals surface area contributed by atoms with Crippen LogP contribution in [-0.4, -0.2) is 18.5 Å². The fraction of sp³-hybridized carbons (Fsp3) is 0.438. The highest BCUT2D eigenvalue weighted by atomic mass is 16.2. The summed E-state index contributed by atoms with van der Waals surface area (Å²) in [6, 6.07) is 7.95. The molecule has 104 valence electrons. The van der Waals surface area contributed by atoms with Gasteiger partial charge in [0.15, 0.2) is 0 Å². The zero-order chi connectivity index (χ0) is 14.5. The van der Waals surface area contributed by atoms with Crippen LogP contribution in [0.5, 0.6) is 0 Å². The van der Waals surface area contributed by atoms with Crippen molar-refractivity contribution >= 4 is 11.6 Å². The number of nitrogens with one attached hydrogen (secondary N) is 2. The van der Waals surface area contributed by atoms with Gasteiger partial charge in [0.05, 0.1) is 0 Å². The van der Waals surface area contributed by atoms with Gasteiger partial charge in [-0.2, -0.15) is 0 Å². The lowest BCUT2D eigenvalue weighted by atomic mass is 9.87. The van der Waals surface area contributed by atoms with Gasteiger partial charge >= 0.3 is 0 Å². The molecule has 0 heterocycles. The lowest BCUT2D eigenvalue weighted by Crippen LogP contribution is -2.37. The molecule has 0 aliphatic carbocycles. The summed E-state index contributed by atoms with van der Waals surface area (Å²) >= 11 is 0. The Morgan fingerprint density at radius 1 is 1.32 bits per heavy atom. The highest BCUT2D eigenvalue weighted by Crippen LogP contribution is 2.23. The maximum atomic E-state index is 11.7. The fourth-order valence-electron chi connectivity index (χ4n) is 1.71. The van der Waals surface area contributed by atoms with Gasteiger partial charge in [0.2, 0.25) is 5.91 Å². The molecular formula is C16H24N2O. The van der Waals surface area contributed by atoms with E-state index in [0.29, 0.717) is 6.54 Å². The summed E-state index contributed by atoms with van der Waals surface area (Å²) in [6.45, 7) is 12.5. The first-order valence-corrected chi connectivity index (χ1v) is 6.60. The molecule has 0 aliphatic heterocycles. The molecule has 0 saturated heterocycles. The Labute approximate surface area is 116 Å². The largest absolute Gasteiger partial charge is 0.374 e. The van der Waals surface area contributed by atoms with E-state index in [2.05, 4.69) is 50.1 Å². The Hall–Kier alpha value is -1.77. The number of hydrogen-bond acceptors (Lipinski definition) is 2. The van der Waals surface area contributed by atoms with Crippen LogP contribution in [0.2, 0.25) is 0 Å². The molecule has 0 aromatic heterocycles. The van der Waals surface area contributed by atoms with E-state index in [9.17, 15) is 4.79 Å². The van der Waals surface area contributed by atoms with Crippen molar-refractivity contribution in [3.63, 3.8) is 0 Å². The molecule has 1 aromatic carbocycles. The predicted octanol–water partition coefficient (Wildman–Crippen LogP) is 3.09. The molecule has 1 amide bonds. The fourth-order valence-corrected chi connectivity index (χ4v) is 1.71. The average molecular weight is 260 g/mol. The van der Waals surface area contributed by atoms with Crippen LogP contribution in [0.3, 0.4) is 0 Å². The number of rotatable bonds is 5. The van der Waals surface area contributed by atoms with Crippen LogP contribution in [0.25, 0.3) is 0 Å². The second-order valence-electron chi connectivity index (χ2n) is 5.73. The molecule has 3 heteroatoms. The first-order chi connectivity index (χ1) is 8.84. The number of anilines is 1. The minimum Gasteiger partial charge on any atom is -0.374 e. The second-order valence-corrected chi connectivity index (χ2v) is 5.73. The third-order valence-electron chi connectivity index (χ3n) is 2.95. The van der Waals surface area contributed by atoms with E-state index in [0.717, 1.165) is 5.69 Å². The minimum atomic E-state index is -0.263. The van der Waals surface area contributed by atoms with Gasteiger partial charge in [-0.3, -0.25) is 4.79 Å². The summed E-state index contributed by atoms with van der Waals surface area (Å²) in [7, 11) is 0. The van der Waals surface area contributed by atoms with Crippen molar-refractivity contribution in [3.8, 4) is 0 Å². The van der Waals surface area contributed by atoms with Crippen LogP contribution >= 0.6 is 0 Å². The van der Waals surface area contributed by atoms with Gasteiger partial charge in [-0.1, -0.05) is 39.0 Å². The number of carbonyl (C=O) groups excluding carboxylic acids is 1. The molecule has 0 aliphatic rings. The van der Waals surface area contributed by atoms with Crippen molar-refractivity contribution in [2.45, 2.75) is 39.2 Å². The Kier molecular flexibility index (Phi) is 5.16. The van der Waals surface area contributed by atoms with Gasteiger partial charge < -0.3 is 10.6 Å². The summed E-state index contributed by atoms with van der Waals surface area (Å²) in [5.74, 6) is -0.0280. The standard InChI is InChI=1S/C16H24N2O/c1-6-11-17-15(19)12(2)18-14-9-7-13(8-10-14)16(3,4)5/h6-10,12,18H,1,11H2,2-5H3,(H,17,19)/t12-/m1/s1. The van der Waals surface area contributed by atoms with Crippen molar-refractivity contribution < 1.29 is 4.79 Å². The predicted molar refractivity (Wildman–Crippen MR) is 81.4 cm³/mol. The number of hydrogen-bond donors (Lipinski definition) is 2. The summed E-state index contributed by atoms with van der Waals surface area (Å²) in [4.78, 5) is 11.7. The van der Waals surface area contributed by atoms with Crippen molar-refractivity contribution in [3.05, 3.63) is 42.5 Å². The summed E-state index contributed by atoms with van der Waals surface area (Å²) < 4.78 is 0. The van der Waals surface area contributed by atoms with Crippen LogP contribution in [0.15, 0.2) is 36.9 Å². The quantitative estimate of drug-likeness (QED) is 0.799. The summed E-state index contributed by atoms with van der Waals surface area (Å²) in [6.07, 6.45) is 1.67.